The van der Waals surface area contributed by atoms with Crippen LogP contribution in [-0.2, 0) is 15.5 Å². The zero-order chi connectivity index (χ0) is 19.6. The van der Waals surface area contributed by atoms with E-state index in [4.69, 9.17) is 16.3 Å². The number of ether oxygens (including phenoxy) is 1. The predicted molar refractivity (Wildman–Crippen MR) is 105 cm³/mol. The molecule has 1 heterocycles. The van der Waals surface area contributed by atoms with Crippen LogP contribution in [0.5, 0.6) is 5.75 Å². The van der Waals surface area contributed by atoms with Crippen molar-refractivity contribution in [3.05, 3.63) is 58.6 Å². The van der Waals surface area contributed by atoms with Crippen molar-refractivity contribution in [3.63, 3.8) is 0 Å². The Morgan fingerprint density at radius 1 is 1.15 bits per heavy atom. The zero-order valence-corrected chi connectivity index (χ0v) is 17.0. The first-order valence-electron chi connectivity index (χ1n) is 9.24. The summed E-state index contributed by atoms with van der Waals surface area (Å²) < 4.78 is 47.9. The molecule has 6 heteroatoms. The number of halogens is 3. The Morgan fingerprint density at radius 2 is 1.81 bits per heavy atom. The maximum atomic E-state index is 15.0. The van der Waals surface area contributed by atoms with Crippen LogP contribution in [0.3, 0.4) is 0 Å². The molecule has 1 aliphatic rings. The van der Waals surface area contributed by atoms with E-state index < -0.39 is 27.2 Å². The summed E-state index contributed by atoms with van der Waals surface area (Å²) in [5.41, 5.74) is 0.113. The summed E-state index contributed by atoms with van der Waals surface area (Å²) in [6.45, 7) is 4.21. The molecule has 27 heavy (non-hydrogen) atoms. The lowest BCUT2D eigenvalue weighted by atomic mass is 9.78. The molecule has 0 N–H and O–H groups in total. The molecular weight excluding hydrogens is 390 g/mol. The molecule has 2 aromatic carbocycles. The highest BCUT2D eigenvalue weighted by atomic mass is 35.5. The minimum Gasteiger partial charge on any atom is -0.490 e. The summed E-state index contributed by atoms with van der Waals surface area (Å²) in [5.74, 6) is -1.47. The second kappa shape index (κ2) is 8.27. The Bertz CT molecular complexity index is 841. The third kappa shape index (κ3) is 3.52. The lowest BCUT2D eigenvalue weighted by Crippen LogP contribution is -2.46. The Kier molecular flexibility index (Phi) is 6.21. The average Bonchev–Trinajstić information content (AvgIpc) is 2.68. The van der Waals surface area contributed by atoms with Crippen LogP contribution in [0.25, 0.3) is 0 Å². The topological polar surface area (TPSA) is 26.3 Å². The van der Waals surface area contributed by atoms with Crippen molar-refractivity contribution in [2.24, 2.45) is 5.92 Å². The quantitative estimate of drug-likeness (QED) is 0.562. The van der Waals surface area contributed by atoms with E-state index in [1.54, 1.807) is 24.3 Å². The van der Waals surface area contributed by atoms with Crippen LogP contribution in [0.1, 0.15) is 45.1 Å². The summed E-state index contributed by atoms with van der Waals surface area (Å²) in [5, 5.41) is 0.537. The van der Waals surface area contributed by atoms with Crippen molar-refractivity contribution in [2.75, 3.05) is 6.61 Å². The molecule has 1 aliphatic heterocycles. The van der Waals surface area contributed by atoms with Crippen molar-refractivity contribution in [1.82, 2.24) is 0 Å². The highest BCUT2D eigenvalue weighted by Gasteiger charge is 2.52. The van der Waals surface area contributed by atoms with Gasteiger partial charge in [-0.1, -0.05) is 38.3 Å². The summed E-state index contributed by atoms with van der Waals surface area (Å²) in [6.07, 6.45) is 2.76. The second-order valence-electron chi connectivity index (χ2n) is 6.87. The van der Waals surface area contributed by atoms with Gasteiger partial charge in [-0.2, -0.15) is 0 Å². The fourth-order valence-electron chi connectivity index (χ4n) is 3.91. The molecule has 2 aromatic rings. The molecule has 0 aromatic heterocycles. The van der Waals surface area contributed by atoms with Crippen LogP contribution in [0.4, 0.5) is 8.78 Å². The van der Waals surface area contributed by atoms with Gasteiger partial charge in [0.2, 0.25) is 0 Å². The Labute approximate surface area is 166 Å². The van der Waals surface area contributed by atoms with Crippen molar-refractivity contribution >= 4 is 22.4 Å². The van der Waals surface area contributed by atoms with E-state index in [1.807, 2.05) is 13.8 Å². The minimum atomic E-state index is -1.59. The molecule has 0 fully saturated rings. The highest BCUT2D eigenvalue weighted by Crippen LogP contribution is 2.52. The molecule has 3 rings (SSSR count). The number of fused-ring (bicyclic) bond motifs is 1. The molecule has 146 valence electrons. The maximum Gasteiger partial charge on any atom is 0.165 e. The summed E-state index contributed by atoms with van der Waals surface area (Å²) in [7, 11) is -1.59. The molecule has 2 unspecified atom stereocenters. The maximum absolute atomic E-state index is 15.0. The Balaban J connectivity index is 2.26. The fourth-order valence-corrected chi connectivity index (χ4v) is 6.09. The van der Waals surface area contributed by atoms with Crippen molar-refractivity contribution < 1.29 is 17.7 Å². The molecule has 3 atom stereocenters. The zero-order valence-electron chi connectivity index (χ0n) is 15.4. The fraction of sp³-hybridized carbons (Fsp3) is 0.429. The lowest BCUT2D eigenvalue weighted by Gasteiger charge is -2.44. The molecule has 2 nitrogen and oxygen atoms in total. The summed E-state index contributed by atoms with van der Waals surface area (Å²) >= 11 is 5.97. The largest absolute Gasteiger partial charge is 0.490 e. The highest BCUT2D eigenvalue weighted by molar-refractivity contribution is 7.86. The van der Waals surface area contributed by atoms with Gasteiger partial charge in [0.1, 0.15) is 5.82 Å². The number of benzene rings is 2. The smallest absolute Gasteiger partial charge is 0.165 e. The summed E-state index contributed by atoms with van der Waals surface area (Å²) in [4.78, 5) is 0.561. The van der Waals surface area contributed by atoms with Gasteiger partial charge < -0.3 is 4.74 Å². The standard InChI is InChI=1S/C21H23ClF2O2S/c1-3-5-12-21(27(25)16-8-6-15(22)7-9-16)14(4-2)13-26-20-18(24)11-10-17(23)19(20)21/h6-11,14H,3-5,12-13H2,1-2H3/t14?,21-,27?/m1/s1. The summed E-state index contributed by atoms with van der Waals surface area (Å²) in [6, 6.07) is 8.92. The van der Waals surface area contributed by atoms with Crippen molar-refractivity contribution in [3.8, 4) is 5.75 Å². The van der Waals surface area contributed by atoms with E-state index in [9.17, 15) is 8.60 Å². The average molecular weight is 413 g/mol. The molecule has 0 saturated heterocycles. The molecule has 0 amide bonds. The van der Waals surface area contributed by atoms with Gasteiger partial charge in [0.05, 0.1) is 27.7 Å². The predicted octanol–water partition coefficient (Wildman–Crippen LogP) is 6.23. The van der Waals surface area contributed by atoms with Crippen LogP contribution < -0.4 is 4.74 Å². The van der Waals surface area contributed by atoms with Crippen molar-refractivity contribution in [2.45, 2.75) is 49.2 Å². The van der Waals surface area contributed by atoms with Gasteiger partial charge in [-0.25, -0.2) is 8.78 Å². The van der Waals surface area contributed by atoms with Crippen LogP contribution in [0.15, 0.2) is 41.3 Å². The first-order valence-corrected chi connectivity index (χ1v) is 10.8. The van der Waals surface area contributed by atoms with Gasteiger partial charge in [0, 0.05) is 15.8 Å². The number of rotatable bonds is 6. The Morgan fingerprint density at radius 3 is 2.44 bits per heavy atom. The normalized spacial score (nSPS) is 22.8. The number of hydrogen-bond donors (Lipinski definition) is 0. The number of hydrogen-bond acceptors (Lipinski definition) is 2. The molecule has 0 aliphatic carbocycles. The van der Waals surface area contributed by atoms with Crippen LogP contribution in [0, 0.1) is 17.6 Å². The lowest BCUT2D eigenvalue weighted by molar-refractivity contribution is 0.152. The van der Waals surface area contributed by atoms with Gasteiger partial charge in [0.15, 0.2) is 11.6 Å². The van der Waals surface area contributed by atoms with Gasteiger partial charge in [-0.05, 0) is 49.2 Å². The molecular formula is C21H23ClF2O2S. The third-order valence-electron chi connectivity index (χ3n) is 5.32. The monoisotopic (exact) mass is 412 g/mol. The van der Waals surface area contributed by atoms with E-state index in [0.29, 0.717) is 22.8 Å². The van der Waals surface area contributed by atoms with E-state index in [0.717, 1.165) is 25.0 Å². The van der Waals surface area contributed by atoms with Crippen LogP contribution in [0.2, 0.25) is 5.02 Å². The molecule has 0 bridgehead atoms. The SMILES string of the molecule is CCCC[C@]1(S(=O)c2ccc(Cl)cc2)c2c(F)ccc(F)c2OCC1CC. The number of unbranched alkanes of at least 4 members (excludes halogenated alkanes) is 1. The Hall–Kier alpha value is -1.46. The third-order valence-corrected chi connectivity index (χ3v) is 7.68. The van der Waals surface area contributed by atoms with E-state index in [2.05, 4.69) is 0 Å². The second-order valence-corrected chi connectivity index (χ2v) is 9.04. The van der Waals surface area contributed by atoms with Gasteiger partial charge in [0.25, 0.3) is 0 Å². The molecule has 0 spiro atoms. The molecule has 0 radical (unpaired) electrons. The van der Waals surface area contributed by atoms with Gasteiger partial charge >= 0.3 is 0 Å². The molecule has 0 saturated carbocycles. The van der Waals surface area contributed by atoms with Crippen molar-refractivity contribution in [1.29, 1.82) is 0 Å². The van der Waals surface area contributed by atoms with Crippen LogP contribution >= 0.6 is 11.6 Å². The van der Waals surface area contributed by atoms with E-state index in [-0.39, 0.29) is 23.8 Å². The first kappa shape index (κ1) is 20.3. The first-order chi connectivity index (χ1) is 13.0. The minimum absolute atomic E-state index is 0.0990. The van der Waals surface area contributed by atoms with Crippen LogP contribution in [-0.4, -0.2) is 10.8 Å². The van der Waals surface area contributed by atoms with Gasteiger partial charge in [-0.15, -0.1) is 0 Å². The van der Waals surface area contributed by atoms with Gasteiger partial charge in [-0.3, -0.25) is 4.21 Å². The van der Waals surface area contributed by atoms with E-state index >= 15 is 4.39 Å². The van der Waals surface area contributed by atoms with E-state index in [1.165, 1.54) is 0 Å².